The first-order valence-electron chi connectivity index (χ1n) is 5.65. The Labute approximate surface area is 113 Å². The van der Waals surface area contributed by atoms with E-state index in [1.165, 1.54) is 0 Å². The Bertz CT molecular complexity index is 528. The SMILES string of the molecule is CCc1nc(COc2ccc(Br)c(CN)c2)no1. The van der Waals surface area contributed by atoms with Crippen molar-refractivity contribution in [3.05, 3.63) is 40.0 Å². The van der Waals surface area contributed by atoms with E-state index in [1.54, 1.807) is 0 Å². The van der Waals surface area contributed by atoms with E-state index in [0.717, 1.165) is 22.2 Å². The molecular weight excluding hydrogens is 298 g/mol. The molecule has 0 aliphatic carbocycles. The second-order valence-corrected chi connectivity index (χ2v) is 4.56. The summed E-state index contributed by atoms with van der Waals surface area (Å²) in [6.45, 7) is 2.70. The molecule has 96 valence electrons. The van der Waals surface area contributed by atoms with Crippen LogP contribution >= 0.6 is 15.9 Å². The van der Waals surface area contributed by atoms with E-state index >= 15 is 0 Å². The molecule has 0 amide bonds. The third-order valence-electron chi connectivity index (χ3n) is 2.42. The Morgan fingerprint density at radius 1 is 1.44 bits per heavy atom. The number of aryl methyl sites for hydroxylation is 1. The fourth-order valence-electron chi connectivity index (χ4n) is 1.44. The predicted molar refractivity (Wildman–Crippen MR) is 70.0 cm³/mol. The van der Waals surface area contributed by atoms with Crippen molar-refractivity contribution < 1.29 is 9.26 Å². The summed E-state index contributed by atoms with van der Waals surface area (Å²) < 4.78 is 11.6. The van der Waals surface area contributed by atoms with E-state index in [2.05, 4.69) is 26.1 Å². The first kappa shape index (κ1) is 13.0. The highest BCUT2D eigenvalue weighted by Gasteiger charge is 2.06. The molecule has 6 heteroatoms. The molecular formula is C12H14BrN3O2. The summed E-state index contributed by atoms with van der Waals surface area (Å²) in [4.78, 5) is 4.17. The third kappa shape index (κ3) is 3.08. The first-order chi connectivity index (χ1) is 8.72. The van der Waals surface area contributed by atoms with Gasteiger partial charge >= 0.3 is 0 Å². The number of nitrogens with zero attached hydrogens (tertiary/aromatic N) is 2. The normalized spacial score (nSPS) is 10.6. The number of hydrogen-bond donors (Lipinski definition) is 1. The van der Waals surface area contributed by atoms with Crippen molar-refractivity contribution in [2.24, 2.45) is 5.73 Å². The van der Waals surface area contributed by atoms with Crippen LogP contribution in [0.3, 0.4) is 0 Å². The van der Waals surface area contributed by atoms with Crippen molar-refractivity contribution in [3.8, 4) is 5.75 Å². The molecule has 2 rings (SSSR count). The lowest BCUT2D eigenvalue weighted by molar-refractivity contribution is 0.285. The van der Waals surface area contributed by atoms with Gasteiger partial charge in [0, 0.05) is 17.4 Å². The van der Waals surface area contributed by atoms with Gasteiger partial charge in [0.15, 0.2) is 6.61 Å². The number of ether oxygens (including phenoxy) is 1. The standard InChI is InChI=1S/C12H14BrN3O2/c1-2-12-15-11(16-18-12)7-17-9-3-4-10(13)8(5-9)6-14/h3-5H,2,6-7,14H2,1H3. The second-order valence-electron chi connectivity index (χ2n) is 3.70. The highest BCUT2D eigenvalue weighted by molar-refractivity contribution is 9.10. The molecule has 1 aromatic heterocycles. The fourth-order valence-corrected chi connectivity index (χ4v) is 1.85. The van der Waals surface area contributed by atoms with E-state index in [-0.39, 0.29) is 6.61 Å². The summed E-state index contributed by atoms with van der Waals surface area (Å²) in [5, 5.41) is 3.82. The minimum Gasteiger partial charge on any atom is -0.485 e. The van der Waals surface area contributed by atoms with Gasteiger partial charge in [0.1, 0.15) is 5.75 Å². The van der Waals surface area contributed by atoms with Gasteiger partial charge in [0.25, 0.3) is 0 Å². The van der Waals surface area contributed by atoms with Gasteiger partial charge in [-0.1, -0.05) is 28.0 Å². The zero-order valence-electron chi connectivity index (χ0n) is 10.0. The van der Waals surface area contributed by atoms with Crippen molar-refractivity contribution in [2.45, 2.75) is 26.5 Å². The fraction of sp³-hybridized carbons (Fsp3) is 0.333. The van der Waals surface area contributed by atoms with Crippen molar-refractivity contribution in [2.75, 3.05) is 0 Å². The lowest BCUT2D eigenvalue weighted by Gasteiger charge is -2.06. The van der Waals surface area contributed by atoms with Crippen molar-refractivity contribution >= 4 is 15.9 Å². The monoisotopic (exact) mass is 311 g/mol. The van der Waals surface area contributed by atoms with Crippen LogP contribution in [0.15, 0.2) is 27.2 Å². The van der Waals surface area contributed by atoms with Crippen molar-refractivity contribution in [1.29, 1.82) is 0 Å². The zero-order chi connectivity index (χ0) is 13.0. The Morgan fingerprint density at radius 3 is 2.94 bits per heavy atom. The Balaban J connectivity index is 2.01. The highest BCUT2D eigenvalue weighted by atomic mass is 79.9. The van der Waals surface area contributed by atoms with Crippen LogP contribution in [0.2, 0.25) is 0 Å². The van der Waals surface area contributed by atoms with Gasteiger partial charge in [-0.25, -0.2) is 0 Å². The number of benzene rings is 1. The molecule has 0 aliphatic heterocycles. The topological polar surface area (TPSA) is 74.2 Å². The molecule has 0 spiro atoms. The maximum absolute atomic E-state index is 5.62. The molecule has 1 heterocycles. The maximum atomic E-state index is 5.62. The van der Waals surface area contributed by atoms with Gasteiger partial charge in [-0.15, -0.1) is 0 Å². The minimum atomic E-state index is 0.287. The lowest BCUT2D eigenvalue weighted by Crippen LogP contribution is -2.01. The summed E-state index contributed by atoms with van der Waals surface area (Å²) >= 11 is 3.42. The Morgan fingerprint density at radius 2 is 2.28 bits per heavy atom. The van der Waals surface area contributed by atoms with Crippen LogP contribution in [0.5, 0.6) is 5.75 Å². The quantitative estimate of drug-likeness (QED) is 0.918. The molecule has 0 unspecified atom stereocenters. The van der Waals surface area contributed by atoms with Crippen LogP contribution in [0, 0.1) is 0 Å². The van der Waals surface area contributed by atoms with Crippen molar-refractivity contribution in [3.63, 3.8) is 0 Å². The van der Waals surface area contributed by atoms with E-state index in [9.17, 15) is 0 Å². The molecule has 0 radical (unpaired) electrons. The summed E-state index contributed by atoms with van der Waals surface area (Å²) in [7, 11) is 0. The summed E-state index contributed by atoms with van der Waals surface area (Å²) in [6, 6.07) is 5.67. The van der Waals surface area contributed by atoms with Gasteiger partial charge in [-0.05, 0) is 23.8 Å². The zero-order valence-corrected chi connectivity index (χ0v) is 11.6. The predicted octanol–water partition coefficient (Wildman–Crippen LogP) is 2.43. The molecule has 5 nitrogen and oxygen atoms in total. The average molecular weight is 312 g/mol. The van der Waals surface area contributed by atoms with Gasteiger partial charge < -0.3 is 15.0 Å². The summed E-state index contributed by atoms with van der Waals surface area (Å²) in [5.41, 5.74) is 6.62. The molecule has 0 saturated heterocycles. The molecule has 0 bridgehead atoms. The van der Waals surface area contributed by atoms with E-state index < -0.39 is 0 Å². The van der Waals surface area contributed by atoms with Crippen LogP contribution in [0.25, 0.3) is 0 Å². The molecule has 2 N–H and O–H groups in total. The van der Waals surface area contributed by atoms with E-state index in [0.29, 0.717) is 18.3 Å². The van der Waals surface area contributed by atoms with E-state index in [1.807, 2.05) is 25.1 Å². The minimum absolute atomic E-state index is 0.287. The third-order valence-corrected chi connectivity index (χ3v) is 3.19. The first-order valence-corrected chi connectivity index (χ1v) is 6.45. The lowest BCUT2D eigenvalue weighted by atomic mass is 10.2. The largest absolute Gasteiger partial charge is 0.485 e. The highest BCUT2D eigenvalue weighted by Crippen LogP contribution is 2.22. The van der Waals surface area contributed by atoms with Gasteiger partial charge in [0.05, 0.1) is 0 Å². The summed E-state index contributed by atoms with van der Waals surface area (Å²) in [6.07, 6.45) is 0.725. The Kier molecular flexibility index (Phi) is 4.33. The van der Waals surface area contributed by atoms with Gasteiger partial charge in [-0.3, -0.25) is 0 Å². The average Bonchev–Trinajstić information content (AvgIpc) is 2.86. The number of rotatable bonds is 5. The van der Waals surface area contributed by atoms with Crippen LogP contribution in [0.4, 0.5) is 0 Å². The van der Waals surface area contributed by atoms with Crippen LogP contribution in [0.1, 0.15) is 24.2 Å². The molecule has 1 aromatic carbocycles. The summed E-state index contributed by atoms with van der Waals surface area (Å²) in [5.74, 6) is 1.90. The van der Waals surface area contributed by atoms with E-state index in [4.69, 9.17) is 15.0 Å². The number of halogens is 1. The maximum Gasteiger partial charge on any atom is 0.226 e. The van der Waals surface area contributed by atoms with Gasteiger partial charge in [-0.2, -0.15) is 4.98 Å². The number of nitrogens with two attached hydrogens (primary N) is 1. The molecule has 0 aliphatic rings. The molecule has 18 heavy (non-hydrogen) atoms. The van der Waals surface area contributed by atoms with Gasteiger partial charge in [0.2, 0.25) is 11.7 Å². The molecule has 0 saturated carbocycles. The molecule has 0 fully saturated rings. The van der Waals surface area contributed by atoms with Crippen molar-refractivity contribution in [1.82, 2.24) is 10.1 Å². The van der Waals surface area contributed by atoms with Crippen LogP contribution in [-0.2, 0) is 19.6 Å². The number of hydrogen-bond acceptors (Lipinski definition) is 5. The number of aromatic nitrogens is 2. The second kappa shape index (κ2) is 5.97. The molecule has 0 atom stereocenters. The van der Waals surface area contributed by atoms with Crippen LogP contribution in [-0.4, -0.2) is 10.1 Å². The van der Waals surface area contributed by atoms with Crippen LogP contribution < -0.4 is 10.5 Å². The smallest absolute Gasteiger partial charge is 0.226 e. The Hall–Kier alpha value is -1.40. The molecule has 2 aromatic rings.